The molecule has 0 radical (unpaired) electrons. The molecule has 0 aliphatic carbocycles. The number of ether oxygens (including phenoxy) is 1. The molecule has 2 aliphatic heterocycles. The molecule has 2 fully saturated rings. The summed E-state index contributed by atoms with van der Waals surface area (Å²) in [5.74, 6) is 0. The van der Waals surface area contributed by atoms with Crippen molar-refractivity contribution in [1.82, 2.24) is 0 Å². The van der Waals surface area contributed by atoms with Crippen molar-refractivity contribution in [3.8, 4) is 0 Å². The van der Waals surface area contributed by atoms with E-state index in [9.17, 15) is 5.11 Å². The maximum absolute atomic E-state index is 10.7. The number of fused-ring (bicyclic) bond motifs is 2. The molecule has 0 aromatic heterocycles. The van der Waals surface area contributed by atoms with E-state index in [2.05, 4.69) is 24.3 Å². The van der Waals surface area contributed by atoms with E-state index in [1.807, 2.05) is 6.07 Å². The van der Waals surface area contributed by atoms with Crippen molar-refractivity contribution < 1.29 is 9.84 Å². The molecule has 2 aliphatic rings. The Morgan fingerprint density at radius 2 is 1.78 bits per heavy atom. The van der Waals surface area contributed by atoms with Crippen LogP contribution in [0.1, 0.15) is 44.1 Å². The normalized spacial score (nSPS) is 34.7. The molecule has 0 saturated carbocycles. The van der Waals surface area contributed by atoms with Crippen LogP contribution >= 0.6 is 0 Å². The maximum Gasteiger partial charge on any atom is 0.0697 e. The van der Waals surface area contributed by atoms with Crippen molar-refractivity contribution in [3.63, 3.8) is 0 Å². The summed E-state index contributed by atoms with van der Waals surface area (Å²) < 4.78 is 5.80. The zero-order chi connectivity index (χ0) is 12.4. The van der Waals surface area contributed by atoms with E-state index in [0.29, 0.717) is 12.2 Å². The number of hydrogen-bond donors (Lipinski definition) is 1. The highest BCUT2D eigenvalue weighted by atomic mass is 16.5. The average Bonchev–Trinajstić information content (AvgIpc) is 2.70. The van der Waals surface area contributed by atoms with E-state index in [4.69, 9.17) is 4.74 Å². The first-order valence-electron chi connectivity index (χ1n) is 7.15. The van der Waals surface area contributed by atoms with Crippen LogP contribution in [0.4, 0.5) is 0 Å². The van der Waals surface area contributed by atoms with Crippen LogP contribution in [0.25, 0.3) is 0 Å². The fourth-order valence-electron chi connectivity index (χ4n) is 3.48. The molecular formula is C16H22O2. The molecule has 2 nitrogen and oxygen atoms in total. The van der Waals surface area contributed by atoms with Gasteiger partial charge in [0.15, 0.2) is 0 Å². The molecule has 1 aromatic rings. The van der Waals surface area contributed by atoms with Gasteiger partial charge in [0.05, 0.1) is 17.8 Å². The van der Waals surface area contributed by atoms with E-state index in [-0.39, 0.29) is 0 Å². The van der Waals surface area contributed by atoms with Crippen molar-refractivity contribution in [3.05, 3.63) is 35.9 Å². The Hall–Kier alpha value is -0.860. The fraction of sp³-hybridized carbons (Fsp3) is 0.625. The summed E-state index contributed by atoms with van der Waals surface area (Å²) in [6.45, 7) is 0. The molecule has 2 heteroatoms. The van der Waals surface area contributed by atoms with E-state index in [0.717, 1.165) is 44.9 Å². The van der Waals surface area contributed by atoms with Crippen LogP contribution in [0, 0.1) is 0 Å². The van der Waals surface area contributed by atoms with Gasteiger partial charge in [-0.2, -0.15) is 0 Å². The maximum atomic E-state index is 10.7. The molecular weight excluding hydrogens is 224 g/mol. The second-order valence-corrected chi connectivity index (χ2v) is 5.93. The molecule has 18 heavy (non-hydrogen) atoms. The standard InChI is InChI=1S/C16H22O2/c17-16(11-14-8-9-15(12-16)18-14)10-4-7-13-5-2-1-3-6-13/h1-3,5-6,14-15,17H,4,7-12H2. The topological polar surface area (TPSA) is 29.5 Å². The summed E-state index contributed by atoms with van der Waals surface area (Å²) in [6.07, 6.45) is 7.68. The second-order valence-electron chi connectivity index (χ2n) is 5.93. The van der Waals surface area contributed by atoms with Gasteiger partial charge in [-0.3, -0.25) is 0 Å². The van der Waals surface area contributed by atoms with Gasteiger partial charge >= 0.3 is 0 Å². The Labute approximate surface area is 109 Å². The minimum absolute atomic E-state index is 0.325. The third kappa shape index (κ3) is 2.76. The zero-order valence-corrected chi connectivity index (χ0v) is 10.8. The highest BCUT2D eigenvalue weighted by molar-refractivity contribution is 5.14. The Balaban J connectivity index is 1.51. The van der Waals surface area contributed by atoms with E-state index in [1.54, 1.807) is 0 Å². The van der Waals surface area contributed by atoms with Gasteiger partial charge in [-0.25, -0.2) is 0 Å². The van der Waals surface area contributed by atoms with Crippen molar-refractivity contribution in [2.24, 2.45) is 0 Å². The van der Waals surface area contributed by atoms with E-state index in [1.165, 1.54) is 5.56 Å². The molecule has 2 unspecified atom stereocenters. The minimum atomic E-state index is -0.459. The molecule has 2 atom stereocenters. The van der Waals surface area contributed by atoms with Gasteiger partial charge in [0, 0.05) is 12.8 Å². The lowest BCUT2D eigenvalue weighted by molar-refractivity contribution is -0.114. The number of benzene rings is 1. The predicted octanol–water partition coefficient (Wildman–Crippen LogP) is 3.08. The lowest BCUT2D eigenvalue weighted by Gasteiger charge is -2.36. The zero-order valence-electron chi connectivity index (χ0n) is 10.8. The molecule has 1 aromatic carbocycles. The summed E-state index contributed by atoms with van der Waals surface area (Å²) in [6, 6.07) is 10.5. The lowest BCUT2D eigenvalue weighted by Crippen LogP contribution is -2.40. The Morgan fingerprint density at radius 1 is 1.11 bits per heavy atom. The Bertz CT molecular complexity index is 375. The van der Waals surface area contributed by atoms with Crippen LogP contribution < -0.4 is 0 Å². The fourth-order valence-corrected chi connectivity index (χ4v) is 3.48. The van der Waals surface area contributed by atoms with Gasteiger partial charge in [0.2, 0.25) is 0 Å². The summed E-state index contributed by atoms with van der Waals surface area (Å²) in [4.78, 5) is 0. The lowest BCUT2D eigenvalue weighted by atomic mass is 9.85. The summed E-state index contributed by atoms with van der Waals surface area (Å²) in [7, 11) is 0. The number of aliphatic hydroxyl groups is 1. The highest BCUT2D eigenvalue weighted by Gasteiger charge is 2.42. The van der Waals surface area contributed by atoms with Crippen molar-refractivity contribution >= 4 is 0 Å². The molecule has 98 valence electrons. The van der Waals surface area contributed by atoms with Crippen LogP contribution in [-0.2, 0) is 11.2 Å². The van der Waals surface area contributed by atoms with Gasteiger partial charge in [0.1, 0.15) is 0 Å². The van der Waals surface area contributed by atoms with E-state index < -0.39 is 5.60 Å². The van der Waals surface area contributed by atoms with Crippen LogP contribution in [0.2, 0.25) is 0 Å². The van der Waals surface area contributed by atoms with Crippen LogP contribution in [-0.4, -0.2) is 22.9 Å². The average molecular weight is 246 g/mol. The van der Waals surface area contributed by atoms with Gasteiger partial charge < -0.3 is 9.84 Å². The molecule has 0 spiro atoms. The molecule has 1 N–H and O–H groups in total. The first-order chi connectivity index (χ1) is 8.73. The molecule has 2 saturated heterocycles. The minimum Gasteiger partial charge on any atom is -0.390 e. The van der Waals surface area contributed by atoms with Gasteiger partial charge in [-0.1, -0.05) is 30.3 Å². The van der Waals surface area contributed by atoms with Crippen LogP contribution in [0.3, 0.4) is 0 Å². The Morgan fingerprint density at radius 3 is 2.44 bits per heavy atom. The third-order valence-electron chi connectivity index (χ3n) is 4.36. The summed E-state index contributed by atoms with van der Waals surface area (Å²) in [5, 5.41) is 10.7. The number of rotatable bonds is 4. The third-order valence-corrected chi connectivity index (χ3v) is 4.36. The molecule has 2 bridgehead atoms. The van der Waals surface area contributed by atoms with Crippen molar-refractivity contribution in [2.45, 2.75) is 62.8 Å². The second kappa shape index (κ2) is 5.02. The predicted molar refractivity (Wildman–Crippen MR) is 71.5 cm³/mol. The first kappa shape index (κ1) is 12.2. The van der Waals surface area contributed by atoms with Gasteiger partial charge in [-0.15, -0.1) is 0 Å². The van der Waals surface area contributed by atoms with Crippen LogP contribution in [0.5, 0.6) is 0 Å². The summed E-state index contributed by atoms with van der Waals surface area (Å²) >= 11 is 0. The number of hydrogen-bond acceptors (Lipinski definition) is 2. The molecule has 0 amide bonds. The van der Waals surface area contributed by atoms with Crippen molar-refractivity contribution in [1.29, 1.82) is 0 Å². The first-order valence-corrected chi connectivity index (χ1v) is 7.15. The van der Waals surface area contributed by atoms with Crippen LogP contribution in [0.15, 0.2) is 30.3 Å². The monoisotopic (exact) mass is 246 g/mol. The quantitative estimate of drug-likeness (QED) is 0.884. The van der Waals surface area contributed by atoms with Gasteiger partial charge in [0.25, 0.3) is 0 Å². The largest absolute Gasteiger partial charge is 0.390 e. The Kier molecular flexibility index (Phi) is 3.40. The highest BCUT2D eigenvalue weighted by Crippen LogP contribution is 2.40. The van der Waals surface area contributed by atoms with Gasteiger partial charge in [-0.05, 0) is 37.7 Å². The SMILES string of the molecule is OC1(CCCc2ccccc2)CC2CCC(C1)O2. The smallest absolute Gasteiger partial charge is 0.0697 e. The number of aryl methyl sites for hydroxylation is 1. The van der Waals surface area contributed by atoms with Crippen molar-refractivity contribution in [2.75, 3.05) is 0 Å². The molecule has 2 heterocycles. The van der Waals surface area contributed by atoms with E-state index >= 15 is 0 Å². The molecule has 3 rings (SSSR count). The summed E-state index contributed by atoms with van der Waals surface area (Å²) in [5.41, 5.74) is 0.912.